The van der Waals surface area contributed by atoms with Gasteiger partial charge in [-0.2, -0.15) is 0 Å². The van der Waals surface area contributed by atoms with Crippen LogP contribution >= 0.6 is 12.2 Å². The highest BCUT2D eigenvalue weighted by Crippen LogP contribution is 1.94. The molecule has 0 saturated carbocycles. The monoisotopic (exact) mass is 133 g/mol. The Morgan fingerprint density at radius 3 is 2.50 bits per heavy atom. The first-order chi connectivity index (χ1) is 3.68. The molecule has 0 aliphatic rings. The third-order valence-electron chi connectivity index (χ3n) is 0.891. The van der Waals surface area contributed by atoms with E-state index in [1.54, 1.807) is 0 Å². The number of thiocarbonyl (C=S) groups is 1. The molecule has 0 heterocycles. The molecule has 48 valence electrons. The summed E-state index contributed by atoms with van der Waals surface area (Å²) in [5, 5.41) is 8.86. The summed E-state index contributed by atoms with van der Waals surface area (Å²) >= 11 is 4.51. The smallest absolute Gasteiger partial charge is 0.104 e. The van der Waals surface area contributed by atoms with Gasteiger partial charge < -0.3 is 10.8 Å². The van der Waals surface area contributed by atoms with E-state index in [1.165, 1.54) is 0 Å². The Morgan fingerprint density at radius 1 is 1.88 bits per heavy atom. The molecule has 0 aliphatic heterocycles. The SMILES string of the molecule is CCC[C@@H](O)C(N)=S. The van der Waals surface area contributed by atoms with Gasteiger partial charge in [0.25, 0.3) is 0 Å². The van der Waals surface area contributed by atoms with Crippen LogP contribution in [0.3, 0.4) is 0 Å². The fourth-order valence-corrected chi connectivity index (χ4v) is 0.534. The Kier molecular flexibility index (Phi) is 3.73. The second-order valence-electron chi connectivity index (χ2n) is 1.71. The summed E-state index contributed by atoms with van der Waals surface area (Å²) in [6.45, 7) is 1.97. The molecule has 0 fully saturated rings. The van der Waals surface area contributed by atoms with Gasteiger partial charge in [-0.15, -0.1) is 0 Å². The quantitative estimate of drug-likeness (QED) is 0.549. The third kappa shape index (κ3) is 2.93. The Labute approximate surface area is 54.7 Å². The lowest BCUT2D eigenvalue weighted by atomic mass is 10.2. The largest absolute Gasteiger partial charge is 0.391 e. The summed E-state index contributed by atoms with van der Waals surface area (Å²) in [6, 6.07) is 0. The van der Waals surface area contributed by atoms with Gasteiger partial charge in [0.15, 0.2) is 0 Å². The van der Waals surface area contributed by atoms with Crippen molar-refractivity contribution in [2.24, 2.45) is 5.73 Å². The van der Waals surface area contributed by atoms with Crippen LogP contribution in [0.1, 0.15) is 19.8 Å². The molecular weight excluding hydrogens is 122 g/mol. The zero-order valence-electron chi connectivity index (χ0n) is 4.92. The molecule has 0 aromatic rings. The lowest BCUT2D eigenvalue weighted by molar-refractivity contribution is 0.231. The highest BCUT2D eigenvalue weighted by atomic mass is 32.1. The van der Waals surface area contributed by atoms with E-state index in [4.69, 9.17) is 10.8 Å². The minimum absolute atomic E-state index is 0.201. The van der Waals surface area contributed by atoms with E-state index in [1.807, 2.05) is 6.92 Å². The Balaban J connectivity index is 3.32. The number of aliphatic hydroxyl groups is 1. The molecule has 0 aliphatic carbocycles. The maximum absolute atomic E-state index is 8.86. The molecule has 2 nitrogen and oxygen atoms in total. The average Bonchev–Trinajstić information content (AvgIpc) is 1.67. The molecule has 0 aromatic heterocycles. The van der Waals surface area contributed by atoms with Gasteiger partial charge in [-0.05, 0) is 6.42 Å². The van der Waals surface area contributed by atoms with Crippen LogP contribution in [0.2, 0.25) is 0 Å². The molecule has 3 heteroatoms. The Morgan fingerprint density at radius 2 is 2.38 bits per heavy atom. The lowest BCUT2D eigenvalue weighted by Crippen LogP contribution is -2.25. The topological polar surface area (TPSA) is 46.2 Å². The molecule has 0 amide bonds. The molecule has 0 saturated heterocycles. The van der Waals surface area contributed by atoms with Gasteiger partial charge in [0.05, 0.1) is 0 Å². The first kappa shape index (κ1) is 7.85. The highest BCUT2D eigenvalue weighted by molar-refractivity contribution is 7.80. The first-order valence-electron chi connectivity index (χ1n) is 2.66. The molecule has 0 spiro atoms. The van der Waals surface area contributed by atoms with Crippen molar-refractivity contribution in [1.29, 1.82) is 0 Å². The lowest BCUT2D eigenvalue weighted by Gasteiger charge is -2.03. The van der Waals surface area contributed by atoms with Crippen molar-refractivity contribution in [3.05, 3.63) is 0 Å². The first-order valence-corrected chi connectivity index (χ1v) is 3.06. The Bertz CT molecular complexity index is 84.5. The van der Waals surface area contributed by atoms with Gasteiger partial charge in [0.2, 0.25) is 0 Å². The van der Waals surface area contributed by atoms with E-state index in [2.05, 4.69) is 12.2 Å². The standard InChI is InChI=1S/C5H11NOS/c1-2-3-4(7)5(6)8/h4,7H,2-3H2,1H3,(H2,6,8)/t4-/m1/s1. The number of hydrogen-bond donors (Lipinski definition) is 2. The van der Waals surface area contributed by atoms with Crippen LogP contribution in [-0.2, 0) is 0 Å². The summed E-state index contributed by atoms with van der Waals surface area (Å²) in [4.78, 5) is 0.201. The van der Waals surface area contributed by atoms with Crippen LogP contribution in [0.25, 0.3) is 0 Å². The van der Waals surface area contributed by atoms with Gasteiger partial charge in [-0.25, -0.2) is 0 Å². The predicted octanol–water partition coefficient (Wildman–Crippen LogP) is 0.434. The van der Waals surface area contributed by atoms with Gasteiger partial charge in [-0.1, -0.05) is 25.6 Å². The van der Waals surface area contributed by atoms with Crippen molar-refractivity contribution in [1.82, 2.24) is 0 Å². The van der Waals surface area contributed by atoms with Gasteiger partial charge in [0.1, 0.15) is 11.1 Å². The van der Waals surface area contributed by atoms with Crippen LogP contribution < -0.4 is 5.73 Å². The number of rotatable bonds is 3. The minimum Gasteiger partial charge on any atom is -0.391 e. The summed E-state index contributed by atoms with van der Waals surface area (Å²) in [5.41, 5.74) is 5.10. The summed E-state index contributed by atoms with van der Waals surface area (Å²) in [7, 11) is 0. The Hall–Kier alpha value is -0.150. The van der Waals surface area contributed by atoms with Crippen molar-refractivity contribution in [3.8, 4) is 0 Å². The van der Waals surface area contributed by atoms with Crippen LogP contribution in [0.4, 0.5) is 0 Å². The van der Waals surface area contributed by atoms with Gasteiger partial charge in [0, 0.05) is 0 Å². The van der Waals surface area contributed by atoms with Crippen LogP contribution in [0, 0.1) is 0 Å². The maximum Gasteiger partial charge on any atom is 0.104 e. The zero-order valence-corrected chi connectivity index (χ0v) is 5.74. The predicted molar refractivity (Wildman–Crippen MR) is 37.7 cm³/mol. The molecule has 1 atom stereocenters. The van der Waals surface area contributed by atoms with Crippen LogP contribution in [-0.4, -0.2) is 16.2 Å². The maximum atomic E-state index is 8.86. The normalized spacial score (nSPS) is 13.2. The van der Waals surface area contributed by atoms with Gasteiger partial charge >= 0.3 is 0 Å². The second-order valence-corrected chi connectivity index (χ2v) is 2.18. The van der Waals surface area contributed by atoms with Crippen molar-refractivity contribution < 1.29 is 5.11 Å². The highest BCUT2D eigenvalue weighted by Gasteiger charge is 2.02. The third-order valence-corrected chi connectivity index (χ3v) is 1.16. The number of aliphatic hydroxyl groups excluding tert-OH is 1. The van der Waals surface area contributed by atoms with E-state index in [0.29, 0.717) is 6.42 Å². The van der Waals surface area contributed by atoms with Crippen molar-refractivity contribution >= 4 is 17.2 Å². The molecule has 8 heavy (non-hydrogen) atoms. The van der Waals surface area contributed by atoms with Crippen LogP contribution in [0.15, 0.2) is 0 Å². The van der Waals surface area contributed by atoms with E-state index in [9.17, 15) is 0 Å². The van der Waals surface area contributed by atoms with Crippen molar-refractivity contribution in [2.45, 2.75) is 25.9 Å². The molecule has 0 radical (unpaired) electrons. The van der Waals surface area contributed by atoms with Crippen molar-refractivity contribution in [3.63, 3.8) is 0 Å². The number of hydrogen-bond acceptors (Lipinski definition) is 2. The fraction of sp³-hybridized carbons (Fsp3) is 0.800. The molecule has 0 rings (SSSR count). The van der Waals surface area contributed by atoms with E-state index in [0.717, 1.165) is 6.42 Å². The van der Waals surface area contributed by atoms with Crippen molar-refractivity contribution in [2.75, 3.05) is 0 Å². The fourth-order valence-electron chi connectivity index (χ4n) is 0.416. The molecule has 3 N–H and O–H groups in total. The van der Waals surface area contributed by atoms with E-state index >= 15 is 0 Å². The molecular formula is C5H11NOS. The molecule has 0 unspecified atom stereocenters. The van der Waals surface area contributed by atoms with E-state index in [-0.39, 0.29) is 4.99 Å². The second kappa shape index (κ2) is 3.80. The molecule has 0 bridgehead atoms. The number of nitrogens with two attached hydrogens (primary N) is 1. The average molecular weight is 133 g/mol. The van der Waals surface area contributed by atoms with E-state index < -0.39 is 6.10 Å². The zero-order chi connectivity index (χ0) is 6.57. The summed E-state index contributed by atoms with van der Waals surface area (Å²) in [5.74, 6) is 0. The van der Waals surface area contributed by atoms with Crippen LogP contribution in [0.5, 0.6) is 0 Å². The molecule has 0 aromatic carbocycles. The minimum atomic E-state index is -0.574. The summed E-state index contributed by atoms with van der Waals surface area (Å²) in [6.07, 6.45) is 1.02. The summed E-state index contributed by atoms with van der Waals surface area (Å²) < 4.78 is 0. The van der Waals surface area contributed by atoms with Gasteiger partial charge in [-0.3, -0.25) is 0 Å².